The van der Waals surface area contributed by atoms with Crippen molar-refractivity contribution in [2.75, 3.05) is 7.11 Å². The van der Waals surface area contributed by atoms with Crippen LogP contribution in [0, 0.1) is 0 Å². The quantitative estimate of drug-likeness (QED) is 0.239. The van der Waals surface area contributed by atoms with Gasteiger partial charge in [-0.05, 0) is 24.6 Å². The Morgan fingerprint density at radius 1 is 1.04 bits per heavy atom. The Morgan fingerprint density at radius 2 is 1.63 bits per heavy atom. The van der Waals surface area contributed by atoms with E-state index in [0.29, 0.717) is 17.7 Å². The topological polar surface area (TPSA) is 70.9 Å². The molecule has 0 saturated heterocycles. The van der Waals surface area contributed by atoms with Gasteiger partial charge in [0.05, 0.1) is 13.3 Å². The van der Waals surface area contributed by atoms with E-state index in [4.69, 9.17) is 4.74 Å². The van der Waals surface area contributed by atoms with Crippen LogP contribution in [-0.2, 0) is 4.79 Å². The van der Waals surface area contributed by atoms with Gasteiger partial charge in [0.15, 0.2) is 0 Å². The molecule has 5 heteroatoms. The molecule has 0 saturated carbocycles. The molecule has 2 N–H and O–H groups in total. The highest BCUT2D eigenvalue weighted by Crippen LogP contribution is 2.21. The van der Waals surface area contributed by atoms with Crippen LogP contribution in [-0.4, -0.2) is 24.3 Å². The fraction of sp³-hybridized carbons (Fsp3) is 0.636. The predicted octanol–water partition coefficient (Wildman–Crippen LogP) is 5.55. The zero-order valence-corrected chi connectivity index (χ0v) is 17.0. The number of hydrazone groups is 1. The highest BCUT2D eigenvalue weighted by atomic mass is 16.5. The van der Waals surface area contributed by atoms with Gasteiger partial charge in [0.25, 0.3) is 0 Å². The zero-order chi connectivity index (χ0) is 19.7. The number of nitrogens with zero attached hydrogens (tertiary/aromatic N) is 1. The summed E-state index contributed by atoms with van der Waals surface area (Å²) in [7, 11) is 1.56. The summed E-state index contributed by atoms with van der Waals surface area (Å²) in [5.74, 6) is 0.630. The third-order valence-electron chi connectivity index (χ3n) is 4.63. The van der Waals surface area contributed by atoms with E-state index in [0.717, 1.165) is 12.8 Å². The molecule has 0 spiro atoms. The minimum atomic E-state index is -0.0930. The van der Waals surface area contributed by atoms with E-state index in [1.165, 1.54) is 70.1 Å². The molecule has 0 aliphatic carbocycles. The van der Waals surface area contributed by atoms with E-state index in [1.54, 1.807) is 19.2 Å². The number of hydrogen-bond donors (Lipinski definition) is 2. The lowest BCUT2D eigenvalue weighted by Gasteiger charge is -2.04. The van der Waals surface area contributed by atoms with Crippen LogP contribution < -0.4 is 10.2 Å². The number of aromatic hydroxyl groups is 1. The van der Waals surface area contributed by atoms with E-state index in [-0.39, 0.29) is 11.7 Å². The fourth-order valence-corrected chi connectivity index (χ4v) is 2.94. The Bertz CT molecular complexity index is 558. The van der Waals surface area contributed by atoms with Crippen LogP contribution >= 0.6 is 0 Å². The molecule has 0 radical (unpaired) electrons. The number of ether oxygens (including phenoxy) is 1. The second-order valence-electron chi connectivity index (χ2n) is 7.00. The summed E-state index contributed by atoms with van der Waals surface area (Å²) in [4.78, 5) is 11.8. The first-order valence-electron chi connectivity index (χ1n) is 10.4. The molecule has 0 bridgehead atoms. The van der Waals surface area contributed by atoms with Gasteiger partial charge in [-0.25, -0.2) is 5.43 Å². The van der Waals surface area contributed by atoms with Crippen LogP contribution in [0.2, 0.25) is 0 Å². The summed E-state index contributed by atoms with van der Waals surface area (Å²) in [6.45, 7) is 2.25. The van der Waals surface area contributed by atoms with Crippen molar-refractivity contribution in [1.29, 1.82) is 0 Å². The largest absolute Gasteiger partial charge is 0.507 e. The summed E-state index contributed by atoms with van der Waals surface area (Å²) in [6.07, 6.45) is 15.8. The lowest BCUT2D eigenvalue weighted by atomic mass is 10.1. The first-order chi connectivity index (χ1) is 13.2. The highest BCUT2D eigenvalue weighted by molar-refractivity contribution is 5.85. The summed E-state index contributed by atoms with van der Waals surface area (Å²) >= 11 is 0. The summed E-state index contributed by atoms with van der Waals surface area (Å²) in [6, 6.07) is 4.86. The molecule has 0 fully saturated rings. The number of rotatable bonds is 15. The molecular formula is C22H36N2O3. The number of carbonyl (C=O) groups excluding carboxylic acids is 1. The van der Waals surface area contributed by atoms with Crippen LogP contribution in [0.15, 0.2) is 23.3 Å². The van der Waals surface area contributed by atoms with Gasteiger partial charge in [0, 0.05) is 12.0 Å². The molecule has 1 rings (SSSR count). The van der Waals surface area contributed by atoms with Crippen molar-refractivity contribution >= 4 is 12.1 Å². The van der Waals surface area contributed by atoms with Crippen molar-refractivity contribution in [2.45, 2.75) is 84.0 Å². The molecule has 0 heterocycles. The SMILES string of the molecule is CCCCCCCCCCCCCC(=O)NN=Cc1cc(OC)ccc1O. The van der Waals surface area contributed by atoms with Gasteiger partial charge in [-0.1, -0.05) is 71.1 Å². The summed E-state index contributed by atoms with van der Waals surface area (Å²) in [5, 5.41) is 13.7. The van der Waals surface area contributed by atoms with Crippen LogP contribution in [0.5, 0.6) is 11.5 Å². The van der Waals surface area contributed by atoms with Crippen molar-refractivity contribution in [3.05, 3.63) is 23.8 Å². The highest BCUT2D eigenvalue weighted by Gasteiger charge is 2.02. The number of phenols is 1. The number of unbranched alkanes of at least 4 members (excludes halogenated alkanes) is 10. The molecule has 1 aromatic carbocycles. The van der Waals surface area contributed by atoms with E-state index in [1.807, 2.05) is 0 Å². The molecule has 0 aromatic heterocycles. The maximum atomic E-state index is 11.8. The average molecular weight is 377 g/mol. The molecule has 0 unspecified atom stereocenters. The van der Waals surface area contributed by atoms with Crippen molar-refractivity contribution in [3.63, 3.8) is 0 Å². The minimum absolute atomic E-state index is 0.0930. The Labute approximate surface area is 164 Å². The molecule has 152 valence electrons. The van der Waals surface area contributed by atoms with Gasteiger partial charge in [0.1, 0.15) is 11.5 Å². The molecule has 0 atom stereocenters. The summed E-state index contributed by atoms with van der Waals surface area (Å²) < 4.78 is 5.10. The molecular weight excluding hydrogens is 340 g/mol. The Balaban J connectivity index is 2.04. The molecule has 1 aromatic rings. The number of carbonyl (C=O) groups is 1. The van der Waals surface area contributed by atoms with Crippen molar-refractivity contribution < 1.29 is 14.6 Å². The van der Waals surface area contributed by atoms with Crippen LogP contribution in [0.25, 0.3) is 0 Å². The van der Waals surface area contributed by atoms with Crippen molar-refractivity contribution in [1.82, 2.24) is 5.43 Å². The summed E-state index contributed by atoms with van der Waals surface area (Å²) in [5.41, 5.74) is 3.01. The first kappa shape index (κ1) is 23.0. The van der Waals surface area contributed by atoms with Gasteiger partial charge in [-0.3, -0.25) is 4.79 Å². The second-order valence-corrected chi connectivity index (χ2v) is 7.00. The molecule has 0 aliphatic rings. The normalized spacial score (nSPS) is 11.0. The third-order valence-corrected chi connectivity index (χ3v) is 4.63. The number of phenolic OH excluding ortho intramolecular Hbond substituents is 1. The van der Waals surface area contributed by atoms with Gasteiger partial charge in [-0.15, -0.1) is 0 Å². The van der Waals surface area contributed by atoms with Crippen LogP contribution in [0.3, 0.4) is 0 Å². The molecule has 1 amide bonds. The van der Waals surface area contributed by atoms with Crippen molar-refractivity contribution in [2.24, 2.45) is 5.10 Å². The zero-order valence-electron chi connectivity index (χ0n) is 17.0. The fourth-order valence-electron chi connectivity index (χ4n) is 2.94. The Kier molecular flexibility index (Phi) is 12.8. The number of nitrogens with one attached hydrogen (secondary N) is 1. The smallest absolute Gasteiger partial charge is 0.240 e. The first-order valence-corrected chi connectivity index (χ1v) is 10.4. The number of methoxy groups -OCH3 is 1. The average Bonchev–Trinajstić information content (AvgIpc) is 2.67. The van der Waals surface area contributed by atoms with E-state index >= 15 is 0 Å². The Morgan fingerprint density at radius 3 is 2.22 bits per heavy atom. The Hall–Kier alpha value is -2.04. The molecule has 27 heavy (non-hydrogen) atoms. The van der Waals surface area contributed by atoms with Gasteiger partial charge in [0.2, 0.25) is 5.91 Å². The monoisotopic (exact) mass is 376 g/mol. The lowest BCUT2D eigenvalue weighted by molar-refractivity contribution is -0.121. The standard InChI is InChI=1S/C22H36N2O3/c1-3-4-5-6-7-8-9-10-11-12-13-14-22(26)24-23-18-19-17-20(27-2)15-16-21(19)25/h15-18,25H,3-14H2,1-2H3,(H,24,26). The van der Waals surface area contributed by atoms with Gasteiger partial charge < -0.3 is 9.84 Å². The minimum Gasteiger partial charge on any atom is -0.507 e. The van der Waals surface area contributed by atoms with Gasteiger partial charge in [-0.2, -0.15) is 5.10 Å². The molecule has 0 aliphatic heterocycles. The lowest BCUT2D eigenvalue weighted by Crippen LogP contribution is -2.16. The number of benzene rings is 1. The molecule has 5 nitrogen and oxygen atoms in total. The maximum absolute atomic E-state index is 11.8. The van der Waals surface area contributed by atoms with Crippen molar-refractivity contribution in [3.8, 4) is 11.5 Å². The maximum Gasteiger partial charge on any atom is 0.240 e. The number of amides is 1. The predicted molar refractivity (Wildman–Crippen MR) is 111 cm³/mol. The third kappa shape index (κ3) is 11.3. The number of hydrogen-bond acceptors (Lipinski definition) is 4. The van der Waals surface area contributed by atoms with E-state index in [9.17, 15) is 9.90 Å². The van der Waals surface area contributed by atoms with E-state index < -0.39 is 0 Å². The second kappa shape index (κ2) is 15.1. The van der Waals surface area contributed by atoms with Crippen LogP contribution in [0.4, 0.5) is 0 Å². The van der Waals surface area contributed by atoms with E-state index in [2.05, 4.69) is 17.5 Å². The van der Waals surface area contributed by atoms with Crippen LogP contribution in [0.1, 0.15) is 89.5 Å². The van der Waals surface area contributed by atoms with Gasteiger partial charge >= 0.3 is 0 Å².